The van der Waals surface area contributed by atoms with E-state index in [-0.39, 0.29) is 5.91 Å². The monoisotopic (exact) mass is 339 g/mol. The second-order valence-corrected chi connectivity index (χ2v) is 6.45. The molecule has 1 saturated carbocycles. The SMILES string of the molecule is COc1cccc(CCNC(=O)c2cncc(NC3CCCC3)c2)c1. The van der Waals surface area contributed by atoms with Crippen molar-refractivity contribution >= 4 is 11.6 Å². The Hall–Kier alpha value is -2.56. The minimum absolute atomic E-state index is 0.0922. The minimum Gasteiger partial charge on any atom is -0.497 e. The molecule has 0 saturated heterocycles. The molecule has 132 valence electrons. The Labute approximate surface area is 148 Å². The van der Waals surface area contributed by atoms with Gasteiger partial charge in [-0.15, -0.1) is 0 Å². The van der Waals surface area contributed by atoms with Crippen molar-refractivity contribution < 1.29 is 9.53 Å². The van der Waals surface area contributed by atoms with Gasteiger partial charge in [0.05, 0.1) is 18.4 Å². The van der Waals surface area contributed by atoms with E-state index in [2.05, 4.69) is 15.6 Å². The Kier molecular flexibility index (Phi) is 5.88. The summed E-state index contributed by atoms with van der Waals surface area (Å²) in [6.07, 6.45) is 9.08. The van der Waals surface area contributed by atoms with Crippen molar-refractivity contribution in [3.8, 4) is 5.75 Å². The molecule has 0 radical (unpaired) electrons. The van der Waals surface area contributed by atoms with Crippen molar-refractivity contribution in [1.29, 1.82) is 0 Å². The highest BCUT2D eigenvalue weighted by atomic mass is 16.5. The molecule has 0 spiro atoms. The number of hydrogen-bond acceptors (Lipinski definition) is 4. The number of nitrogens with zero attached hydrogens (tertiary/aromatic N) is 1. The molecular weight excluding hydrogens is 314 g/mol. The molecule has 1 fully saturated rings. The van der Waals surface area contributed by atoms with Crippen molar-refractivity contribution in [3.05, 3.63) is 53.9 Å². The first kappa shape index (κ1) is 17.3. The van der Waals surface area contributed by atoms with Gasteiger partial charge in [-0.05, 0) is 43.0 Å². The lowest BCUT2D eigenvalue weighted by molar-refractivity contribution is 0.0954. The highest BCUT2D eigenvalue weighted by molar-refractivity contribution is 5.94. The smallest absolute Gasteiger partial charge is 0.252 e. The number of ether oxygens (including phenoxy) is 1. The average molecular weight is 339 g/mol. The van der Waals surface area contributed by atoms with Gasteiger partial charge in [0.25, 0.3) is 5.91 Å². The molecular formula is C20H25N3O2. The quantitative estimate of drug-likeness (QED) is 0.811. The van der Waals surface area contributed by atoms with Gasteiger partial charge in [0.1, 0.15) is 5.75 Å². The number of amides is 1. The highest BCUT2D eigenvalue weighted by Crippen LogP contribution is 2.22. The molecule has 3 rings (SSSR count). The summed E-state index contributed by atoms with van der Waals surface area (Å²) < 4.78 is 5.22. The predicted molar refractivity (Wildman–Crippen MR) is 99.1 cm³/mol. The lowest BCUT2D eigenvalue weighted by Crippen LogP contribution is -2.26. The Morgan fingerprint density at radius 1 is 1.24 bits per heavy atom. The van der Waals surface area contributed by atoms with E-state index in [1.165, 1.54) is 25.7 Å². The van der Waals surface area contributed by atoms with Gasteiger partial charge in [0.15, 0.2) is 0 Å². The van der Waals surface area contributed by atoms with Gasteiger partial charge in [0.2, 0.25) is 0 Å². The number of anilines is 1. The molecule has 5 heteroatoms. The zero-order chi connectivity index (χ0) is 17.5. The van der Waals surface area contributed by atoms with E-state index in [0.29, 0.717) is 18.2 Å². The van der Waals surface area contributed by atoms with Crippen molar-refractivity contribution in [2.45, 2.75) is 38.1 Å². The van der Waals surface area contributed by atoms with Crippen LogP contribution in [0.25, 0.3) is 0 Å². The Bertz CT molecular complexity index is 712. The molecule has 0 aliphatic heterocycles. The van der Waals surface area contributed by atoms with E-state index < -0.39 is 0 Å². The molecule has 0 atom stereocenters. The second-order valence-electron chi connectivity index (χ2n) is 6.45. The van der Waals surface area contributed by atoms with Crippen LogP contribution in [-0.2, 0) is 6.42 Å². The van der Waals surface area contributed by atoms with Crippen molar-refractivity contribution in [2.75, 3.05) is 19.0 Å². The Balaban J connectivity index is 1.52. The van der Waals surface area contributed by atoms with Crippen LogP contribution in [0.1, 0.15) is 41.6 Å². The van der Waals surface area contributed by atoms with Gasteiger partial charge in [-0.2, -0.15) is 0 Å². The first-order chi connectivity index (χ1) is 12.2. The van der Waals surface area contributed by atoms with Gasteiger partial charge >= 0.3 is 0 Å². The lowest BCUT2D eigenvalue weighted by Gasteiger charge is -2.14. The zero-order valence-corrected chi connectivity index (χ0v) is 14.6. The number of carbonyl (C=O) groups is 1. The standard InChI is InChI=1S/C20H25N3O2/c1-25-19-8-4-5-15(11-19)9-10-22-20(24)16-12-18(14-21-13-16)23-17-6-2-3-7-17/h4-5,8,11-14,17,23H,2-3,6-7,9-10H2,1H3,(H,22,24). The Morgan fingerprint density at radius 2 is 2.08 bits per heavy atom. The number of benzene rings is 1. The molecule has 2 aromatic rings. The van der Waals surface area contributed by atoms with E-state index in [0.717, 1.165) is 23.4 Å². The summed E-state index contributed by atoms with van der Waals surface area (Å²) in [6.45, 7) is 0.576. The van der Waals surface area contributed by atoms with Crippen LogP contribution >= 0.6 is 0 Å². The average Bonchev–Trinajstić information content (AvgIpc) is 3.15. The summed E-state index contributed by atoms with van der Waals surface area (Å²) in [7, 11) is 1.65. The van der Waals surface area contributed by atoms with Crippen LogP contribution in [0.4, 0.5) is 5.69 Å². The largest absolute Gasteiger partial charge is 0.497 e. The number of carbonyl (C=O) groups excluding carboxylic acids is 1. The number of nitrogens with one attached hydrogen (secondary N) is 2. The Morgan fingerprint density at radius 3 is 2.88 bits per heavy atom. The summed E-state index contributed by atoms with van der Waals surface area (Å²) in [6, 6.07) is 10.3. The molecule has 5 nitrogen and oxygen atoms in total. The van der Waals surface area contributed by atoms with Gasteiger partial charge in [-0.25, -0.2) is 0 Å². The van der Waals surface area contributed by atoms with Gasteiger partial charge in [-0.1, -0.05) is 25.0 Å². The van der Waals surface area contributed by atoms with E-state index in [9.17, 15) is 4.79 Å². The first-order valence-corrected chi connectivity index (χ1v) is 8.87. The van der Waals surface area contributed by atoms with Crippen molar-refractivity contribution in [3.63, 3.8) is 0 Å². The molecule has 1 aliphatic carbocycles. The van der Waals surface area contributed by atoms with Crippen LogP contribution in [-0.4, -0.2) is 30.6 Å². The topological polar surface area (TPSA) is 63.2 Å². The number of methoxy groups -OCH3 is 1. The minimum atomic E-state index is -0.0922. The number of rotatable bonds is 7. The third-order valence-electron chi connectivity index (χ3n) is 4.56. The van der Waals surface area contributed by atoms with Crippen LogP contribution in [0.15, 0.2) is 42.7 Å². The van der Waals surface area contributed by atoms with E-state index in [1.54, 1.807) is 19.5 Å². The number of pyridine rings is 1. The maximum atomic E-state index is 12.3. The highest BCUT2D eigenvalue weighted by Gasteiger charge is 2.15. The summed E-state index contributed by atoms with van der Waals surface area (Å²) >= 11 is 0. The van der Waals surface area contributed by atoms with E-state index in [4.69, 9.17) is 4.74 Å². The molecule has 1 heterocycles. The van der Waals surface area contributed by atoms with Gasteiger partial charge in [0, 0.05) is 25.0 Å². The van der Waals surface area contributed by atoms with Crippen LogP contribution in [0.3, 0.4) is 0 Å². The van der Waals surface area contributed by atoms with Crippen molar-refractivity contribution in [2.24, 2.45) is 0 Å². The first-order valence-electron chi connectivity index (χ1n) is 8.87. The molecule has 1 aromatic heterocycles. The maximum absolute atomic E-state index is 12.3. The van der Waals surface area contributed by atoms with Gasteiger partial charge < -0.3 is 15.4 Å². The fraction of sp³-hybridized carbons (Fsp3) is 0.400. The molecule has 1 aromatic carbocycles. The third-order valence-corrected chi connectivity index (χ3v) is 4.56. The lowest BCUT2D eigenvalue weighted by atomic mass is 10.1. The summed E-state index contributed by atoms with van der Waals surface area (Å²) in [5.74, 6) is 0.740. The number of aromatic nitrogens is 1. The molecule has 1 amide bonds. The summed E-state index contributed by atoms with van der Waals surface area (Å²) in [5.41, 5.74) is 2.65. The zero-order valence-electron chi connectivity index (χ0n) is 14.6. The molecule has 2 N–H and O–H groups in total. The van der Waals surface area contributed by atoms with Crippen LogP contribution in [0.5, 0.6) is 5.75 Å². The second kappa shape index (κ2) is 8.51. The van der Waals surface area contributed by atoms with Crippen molar-refractivity contribution in [1.82, 2.24) is 10.3 Å². The van der Waals surface area contributed by atoms with Crippen LogP contribution in [0.2, 0.25) is 0 Å². The van der Waals surface area contributed by atoms with Crippen LogP contribution < -0.4 is 15.4 Å². The summed E-state index contributed by atoms with van der Waals surface area (Å²) in [4.78, 5) is 16.5. The maximum Gasteiger partial charge on any atom is 0.252 e. The fourth-order valence-electron chi connectivity index (χ4n) is 3.20. The number of hydrogen-bond donors (Lipinski definition) is 2. The molecule has 0 unspecified atom stereocenters. The third kappa shape index (κ3) is 4.95. The van der Waals surface area contributed by atoms with Gasteiger partial charge in [-0.3, -0.25) is 9.78 Å². The van der Waals surface area contributed by atoms with Crippen LogP contribution in [0, 0.1) is 0 Å². The molecule has 1 aliphatic rings. The molecule has 25 heavy (non-hydrogen) atoms. The summed E-state index contributed by atoms with van der Waals surface area (Å²) in [5, 5.41) is 6.43. The fourth-order valence-corrected chi connectivity index (χ4v) is 3.20. The normalized spacial score (nSPS) is 14.3. The van der Waals surface area contributed by atoms with E-state index >= 15 is 0 Å². The molecule has 0 bridgehead atoms. The predicted octanol–water partition coefficient (Wildman–Crippen LogP) is 3.42. The van der Waals surface area contributed by atoms with E-state index in [1.807, 2.05) is 30.3 Å².